The number of piperidine rings is 1. The molecular formula is C31H37F2N3O3. The number of alkyl halides is 2. The van der Waals surface area contributed by atoms with Crippen molar-refractivity contribution >= 4 is 16.9 Å². The van der Waals surface area contributed by atoms with Gasteiger partial charge in [-0.25, -0.2) is 8.78 Å². The van der Waals surface area contributed by atoms with Crippen molar-refractivity contribution in [2.24, 2.45) is 5.92 Å². The summed E-state index contributed by atoms with van der Waals surface area (Å²) < 4.78 is 36.2. The number of carbonyl (C=O) groups is 1. The van der Waals surface area contributed by atoms with Crippen molar-refractivity contribution < 1.29 is 23.4 Å². The summed E-state index contributed by atoms with van der Waals surface area (Å²) in [5.41, 5.74) is 4.78. The molecule has 1 aromatic heterocycles. The van der Waals surface area contributed by atoms with Crippen LogP contribution in [0.1, 0.15) is 68.3 Å². The molecule has 0 aliphatic carbocycles. The van der Waals surface area contributed by atoms with E-state index in [1.54, 1.807) is 6.92 Å². The number of hydrogen-bond donors (Lipinski definition) is 1. The molecule has 1 unspecified atom stereocenters. The predicted molar refractivity (Wildman–Crippen MR) is 148 cm³/mol. The number of halogens is 2. The lowest BCUT2D eigenvalue weighted by atomic mass is 9.96. The molecule has 3 aromatic rings. The van der Waals surface area contributed by atoms with E-state index in [0.717, 1.165) is 39.8 Å². The van der Waals surface area contributed by atoms with Crippen molar-refractivity contribution in [3.05, 3.63) is 58.8 Å². The summed E-state index contributed by atoms with van der Waals surface area (Å²) in [6.45, 7) is 9.96. The summed E-state index contributed by atoms with van der Waals surface area (Å²) in [5, 5.41) is 15.1. The third-order valence-corrected chi connectivity index (χ3v) is 7.11. The maximum Gasteiger partial charge on any atom is 0.304 e. The van der Waals surface area contributed by atoms with Gasteiger partial charge in [-0.3, -0.25) is 14.4 Å². The van der Waals surface area contributed by atoms with Gasteiger partial charge in [0.05, 0.1) is 30.1 Å². The van der Waals surface area contributed by atoms with E-state index >= 15 is 0 Å². The van der Waals surface area contributed by atoms with Gasteiger partial charge in [-0.2, -0.15) is 5.10 Å². The number of fused-ring (bicyclic) bond motifs is 1. The molecule has 0 saturated carbocycles. The summed E-state index contributed by atoms with van der Waals surface area (Å²) >= 11 is 0. The Morgan fingerprint density at radius 2 is 1.95 bits per heavy atom. The minimum absolute atomic E-state index is 0.0486. The smallest absolute Gasteiger partial charge is 0.304 e. The van der Waals surface area contributed by atoms with Gasteiger partial charge in [-0.1, -0.05) is 44.0 Å². The Morgan fingerprint density at radius 3 is 2.59 bits per heavy atom. The Balaban J connectivity index is 1.54. The number of carboxylic acids is 1. The summed E-state index contributed by atoms with van der Waals surface area (Å²) in [6.07, 6.45) is 0.394. The molecule has 2 heterocycles. The topological polar surface area (TPSA) is 67.6 Å². The zero-order valence-corrected chi connectivity index (χ0v) is 23.1. The van der Waals surface area contributed by atoms with Crippen LogP contribution >= 0.6 is 0 Å². The molecule has 208 valence electrons. The maximum absolute atomic E-state index is 14.0. The molecule has 1 N–H and O–H groups in total. The van der Waals surface area contributed by atoms with Crippen LogP contribution < -0.4 is 4.74 Å². The van der Waals surface area contributed by atoms with E-state index in [1.165, 1.54) is 0 Å². The van der Waals surface area contributed by atoms with Crippen LogP contribution in [0.4, 0.5) is 8.78 Å². The quantitative estimate of drug-likeness (QED) is 0.304. The lowest BCUT2D eigenvalue weighted by molar-refractivity contribution is -0.137. The zero-order chi connectivity index (χ0) is 28.2. The largest absolute Gasteiger partial charge is 0.489 e. The minimum atomic E-state index is -2.65. The summed E-state index contributed by atoms with van der Waals surface area (Å²) in [7, 11) is 0. The molecule has 0 bridgehead atoms. The first-order chi connectivity index (χ1) is 18.6. The Hall–Kier alpha value is -3.44. The first-order valence-electron chi connectivity index (χ1n) is 13.5. The zero-order valence-electron chi connectivity index (χ0n) is 23.1. The van der Waals surface area contributed by atoms with Crippen molar-refractivity contribution in [2.75, 3.05) is 13.1 Å². The van der Waals surface area contributed by atoms with E-state index in [2.05, 4.69) is 32.6 Å². The van der Waals surface area contributed by atoms with E-state index in [4.69, 9.17) is 9.84 Å². The molecule has 1 fully saturated rings. The second-order valence-electron chi connectivity index (χ2n) is 10.8. The Kier molecular flexibility index (Phi) is 8.91. The number of carboxylic acid groups (broad SMARTS) is 1. The van der Waals surface area contributed by atoms with Crippen LogP contribution in [-0.4, -0.2) is 44.8 Å². The fourth-order valence-electron chi connectivity index (χ4n) is 5.26. The number of aromatic nitrogens is 2. The van der Waals surface area contributed by atoms with Crippen LogP contribution in [0.15, 0.2) is 36.4 Å². The molecule has 6 nitrogen and oxygen atoms in total. The van der Waals surface area contributed by atoms with Gasteiger partial charge < -0.3 is 9.84 Å². The first-order valence-corrected chi connectivity index (χ1v) is 13.5. The summed E-state index contributed by atoms with van der Waals surface area (Å²) in [6, 6.07) is 11.5. The summed E-state index contributed by atoms with van der Waals surface area (Å²) in [4.78, 5) is 13.0. The van der Waals surface area contributed by atoms with Gasteiger partial charge in [0.25, 0.3) is 5.92 Å². The van der Waals surface area contributed by atoms with Gasteiger partial charge >= 0.3 is 5.97 Å². The molecule has 1 aliphatic rings. The maximum atomic E-state index is 14.0. The average molecular weight is 538 g/mol. The Morgan fingerprint density at radius 1 is 1.21 bits per heavy atom. The Labute approximate surface area is 228 Å². The number of ether oxygens (including phenoxy) is 1. The second kappa shape index (κ2) is 12.2. The molecule has 1 aliphatic heterocycles. The molecule has 2 aromatic carbocycles. The number of aliphatic carboxylic acids is 1. The molecule has 4 rings (SSSR count). The third-order valence-electron chi connectivity index (χ3n) is 7.11. The second-order valence-corrected chi connectivity index (χ2v) is 10.8. The number of hydrogen-bond acceptors (Lipinski definition) is 4. The SMILES string of the molecule is CC#CC(CC(=O)O)c1ccc(OCc2ccc3c(CN4CCCC(F)(F)C4)nn(CC(C)C)c3c2C)cc1. The van der Waals surface area contributed by atoms with E-state index in [1.807, 2.05) is 46.0 Å². The number of benzene rings is 2. The fraction of sp³-hybridized carbons (Fsp3) is 0.484. The molecule has 0 amide bonds. The average Bonchev–Trinajstić information content (AvgIpc) is 3.19. The van der Waals surface area contributed by atoms with Crippen LogP contribution in [-0.2, 0) is 24.5 Å². The minimum Gasteiger partial charge on any atom is -0.489 e. The molecule has 8 heteroatoms. The molecule has 1 saturated heterocycles. The first kappa shape index (κ1) is 28.6. The molecule has 0 radical (unpaired) electrons. The van der Waals surface area contributed by atoms with E-state index in [9.17, 15) is 18.7 Å². The normalized spacial score (nSPS) is 16.2. The lowest BCUT2D eigenvalue weighted by Gasteiger charge is -2.31. The van der Waals surface area contributed by atoms with Crippen molar-refractivity contribution in [3.63, 3.8) is 0 Å². The number of nitrogens with zero attached hydrogens (tertiary/aromatic N) is 3. The van der Waals surface area contributed by atoms with Crippen molar-refractivity contribution in [1.29, 1.82) is 0 Å². The van der Waals surface area contributed by atoms with Gasteiger partial charge in [0.15, 0.2) is 0 Å². The number of likely N-dealkylation sites (tertiary alicyclic amines) is 1. The van der Waals surface area contributed by atoms with E-state index in [-0.39, 0.29) is 25.3 Å². The van der Waals surface area contributed by atoms with E-state index < -0.39 is 11.9 Å². The van der Waals surface area contributed by atoms with Crippen LogP contribution in [0.2, 0.25) is 0 Å². The van der Waals surface area contributed by atoms with Gasteiger partial charge in [-0.05, 0) is 61.6 Å². The monoisotopic (exact) mass is 537 g/mol. The molecular weight excluding hydrogens is 500 g/mol. The van der Waals surface area contributed by atoms with Crippen LogP contribution in [0, 0.1) is 24.7 Å². The van der Waals surface area contributed by atoms with Gasteiger partial charge in [0.2, 0.25) is 0 Å². The van der Waals surface area contributed by atoms with Gasteiger partial charge in [0.1, 0.15) is 12.4 Å². The van der Waals surface area contributed by atoms with Crippen LogP contribution in [0.25, 0.3) is 10.9 Å². The fourth-order valence-corrected chi connectivity index (χ4v) is 5.26. The highest BCUT2D eigenvalue weighted by Gasteiger charge is 2.35. The van der Waals surface area contributed by atoms with Crippen LogP contribution in [0.3, 0.4) is 0 Å². The van der Waals surface area contributed by atoms with Crippen LogP contribution in [0.5, 0.6) is 5.75 Å². The van der Waals surface area contributed by atoms with E-state index in [0.29, 0.717) is 37.8 Å². The lowest BCUT2D eigenvalue weighted by Crippen LogP contribution is -2.42. The molecule has 39 heavy (non-hydrogen) atoms. The highest BCUT2D eigenvalue weighted by Crippen LogP contribution is 2.31. The van der Waals surface area contributed by atoms with Gasteiger partial charge in [0, 0.05) is 24.9 Å². The van der Waals surface area contributed by atoms with Crippen molar-refractivity contribution in [1.82, 2.24) is 14.7 Å². The van der Waals surface area contributed by atoms with Crippen molar-refractivity contribution in [2.45, 2.75) is 78.5 Å². The van der Waals surface area contributed by atoms with Gasteiger partial charge in [-0.15, -0.1) is 5.92 Å². The molecule has 0 spiro atoms. The highest BCUT2D eigenvalue weighted by atomic mass is 19.3. The number of rotatable bonds is 10. The number of aryl methyl sites for hydroxylation is 1. The predicted octanol–water partition coefficient (Wildman–Crippen LogP) is 6.39. The highest BCUT2D eigenvalue weighted by molar-refractivity contribution is 5.86. The Bertz CT molecular complexity index is 1370. The van der Waals surface area contributed by atoms with Crippen molar-refractivity contribution in [3.8, 4) is 17.6 Å². The summed E-state index contributed by atoms with van der Waals surface area (Å²) in [5.74, 6) is 2.93. The standard InChI is InChI=1S/C31H37F2N3O3/c1-5-7-24(16-29(37)38)23-8-11-26(12-9-23)39-19-25-10-13-27-28(18-35-15-6-14-31(32,33)20-35)34-36(17-21(2)3)30(27)22(25)4/h8-13,21,24H,6,14-20H2,1-4H3,(H,37,38). The third kappa shape index (κ3) is 7.15. The molecule has 1 atom stereocenters.